The summed E-state index contributed by atoms with van der Waals surface area (Å²) in [5, 5.41) is 5.78. The minimum atomic E-state index is 0.101. The molecule has 2 heterocycles. The number of aryl methyl sites for hydroxylation is 1. The van der Waals surface area contributed by atoms with Crippen LogP contribution in [0.25, 0.3) is 15.9 Å². The molecular formula is C26H30N2OS. The second-order valence-corrected chi connectivity index (χ2v) is 11.4. The van der Waals surface area contributed by atoms with Crippen molar-refractivity contribution >= 4 is 28.1 Å². The molecule has 0 spiro atoms. The summed E-state index contributed by atoms with van der Waals surface area (Å²) in [7, 11) is 0. The molecule has 0 radical (unpaired) electrons. The van der Waals surface area contributed by atoms with Gasteiger partial charge in [-0.2, -0.15) is 0 Å². The lowest BCUT2D eigenvalue weighted by molar-refractivity contribution is -0.0687. The minimum Gasteiger partial charge on any atom is -0.348 e. The first-order valence-corrected chi connectivity index (χ1v) is 12.3. The molecule has 30 heavy (non-hydrogen) atoms. The van der Waals surface area contributed by atoms with Gasteiger partial charge >= 0.3 is 0 Å². The number of hydrogen-bond acceptors (Lipinski definition) is 2. The maximum absolute atomic E-state index is 13.2. The number of carbonyl (C=O) groups is 1. The van der Waals surface area contributed by atoms with Gasteiger partial charge in [-0.25, -0.2) is 0 Å². The standard InChI is InChI=1S/C26H30N2OS/c1-16-9-21-5-3-4-6-22(21)28(16)24-8-7-23(30-24)25(29)27-17(2)26-13-18-10-19(14-26)12-20(11-18)15-26/h3-9,17-20H,10-15H2,1-2H3,(H,27,29)/t17-,18?,19?,20?,26?/m1/s1. The van der Waals surface area contributed by atoms with Crippen LogP contribution in [0.1, 0.15) is 60.8 Å². The van der Waals surface area contributed by atoms with E-state index in [1.54, 1.807) is 11.3 Å². The Balaban J connectivity index is 1.23. The van der Waals surface area contributed by atoms with Crippen molar-refractivity contribution in [2.45, 2.75) is 58.4 Å². The Kier molecular flexibility index (Phi) is 4.18. The summed E-state index contributed by atoms with van der Waals surface area (Å²) in [6, 6.07) is 15.0. The van der Waals surface area contributed by atoms with Crippen molar-refractivity contribution in [3.63, 3.8) is 0 Å². The van der Waals surface area contributed by atoms with E-state index in [9.17, 15) is 4.79 Å². The number of rotatable bonds is 4. The molecule has 4 bridgehead atoms. The molecule has 4 fully saturated rings. The molecule has 156 valence electrons. The van der Waals surface area contributed by atoms with E-state index in [-0.39, 0.29) is 11.9 Å². The van der Waals surface area contributed by atoms with Crippen LogP contribution in [0.4, 0.5) is 0 Å². The summed E-state index contributed by atoms with van der Waals surface area (Å²) in [4.78, 5) is 14.0. The van der Waals surface area contributed by atoms with E-state index in [2.05, 4.69) is 60.1 Å². The Morgan fingerprint density at radius 2 is 1.73 bits per heavy atom. The quantitative estimate of drug-likeness (QED) is 0.527. The van der Waals surface area contributed by atoms with Gasteiger partial charge in [-0.1, -0.05) is 18.2 Å². The van der Waals surface area contributed by atoms with Crippen LogP contribution < -0.4 is 5.32 Å². The normalized spacial score (nSPS) is 30.7. The average molecular weight is 419 g/mol. The van der Waals surface area contributed by atoms with E-state index in [1.807, 2.05) is 6.07 Å². The second-order valence-electron chi connectivity index (χ2n) is 10.3. The molecule has 4 saturated carbocycles. The van der Waals surface area contributed by atoms with E-state index < -0.39 is 0 Å². The number of aromatic nitrogens is 1. The largest absolute Gasteiger partial charge is 0.348 e. The summed E-state index contributed by atoms with van der Waals surface area (Å²) < 4.78 is 2.26. The molecule has 0 unspecified atom stereocenters. The van der Waals surface area contributed by atoms with Crippen LogP contribution in [0, 0.1) is 30.1 Å². The van der Waals surface area contributed by atoms with Gasteiger partial charge in [0.25, 0.3) is 5.91 Å². The molecule has 4 heteroatoms. The molecule has 4 aliphatic carbocycles. The topological polar surface area (TPSA) is 34.0 Å². The Morgan fingerprint density at radius 3 is 2.43 bits per heavy atom. The van der Waals surface area contributed by atoms with Crippen molar-refractivity contribution in [3.8, 4) is 5.00 Å². The predicted molar refractivity (Wildman–Crippen MR) is 123 cm³/mol. The molecular weight excluding hydrogens is 388 g/mol. The molecule has 0 aliphatic heterocycles. The SMILES string of the molecule is Cc1cc2ccccc2n1-c1ccc(C(=O)N[C@H](C)C23CC4CC(CC(C4)C2)C3)s1. The number of para-hydroxylation sites is 1. The van der Waals surface area contributed by atoms with E-state index in [4.69, 9.17) is 0 Å². The Hall–Kier alpha value is -2.07. The number of carbonyl (C=O) groups excluding carboxylic acids is 1. The summed E-state index contributed by atoms with van der Waals surface area (Å²) >= 11 is 1.60. The highest BCUT2D eigenvalue weighted by Gasteiger charge is 2.53. The first-order chi connectivity index (χ1) is 14.5. The summed E-state index contributed by atoms with van der Waals surface area (Å²) in [5.41, 5.74) is 2.75. The second kappa shape index (κ2) is 6.71. The molecule has 1 atom stereocenters. The van der Waals surface area contributed by atoms with Crippen molar-refractivity contribution in [1.29, 1.82) is 0 Å². The van der Waals surface area contributed by atoms with Gasteiger partial charge < -0.3 is 9.88 Å². The maximum Gasteiger partial charge on any atom is 0.261 e. The van der Waals surface area contributed by atoms with Crippen LogP contribution in [0.5, 0.6) is 0 Å². The van der Waals surface area contributed by atoms with Gasteiger partial charge in [0, 0.05) is 17.1 Å². The van der Waals surface area contributed by atoms with Gasteiger partial charge in [0.15, 0.2) is 0 Å². The summed E-state index contributed by atoms with van der Waals surface area (Å²) in [6.45, 7) is 4.40. The molecule has 3 aromatic rings. The summed E-state index contributed by atoms with van der Waals surface area (Å²) in [6.07, 6.45) is 8.30. The molecule has 1 amide bonds. The zero-order valence-electron chi connectivity index (χ0n) is 17.9. The number of benzene rings is 1. The lowest BCUT2D eigenvalue weighted by Crippen LogP contribution is -2.55. The Labute approximate surface area is 182 Å². The van der Waals surface area contributed by atoms with E-state index in [0.29, 0.717) is 5.41 Å². The third kappa shape index (κ3) is 2.87. The van der Waals surface area contributed by atoms with Crippen LogP contribution in [-0.2, 0) is 0 Å². The first kappa shape index (κ1) is 18.7. The number of hydrogen-bond donors (Lipinski definition) is 1. The molecule has 7 rings (SSSR count). The fourth-order valence-electron chi connectivity index (χ4n) is 7.28. The van der Waals surface area contributed by atoms with Crippen molar-refractivity contribution in [1.82, 2.24) is 9.88 Å². The number of amides is 1. The summed E-state index contributed by atoms with van der Waals surface area (Å²) in [5.74, 6) is 2.83. The molecule has 4 aliphatic rings. The molecule has 3 nitrogen and oxygen atoms in total. The van der Waals surface area contributed by atoms with Gasteiger partial charge in [-0.05, 0) is 99.8 Å². The predicted octanol–water partition coefficient (Wildman–Crippen LogP) is 6.34. The van der Waals surface area contributed by atoms with Crippen LogP contribution >= 0.6 is 11.3 Å². The van der Waals surface area contributed by atoms with Crippen LogP contribution in [-0.4, -0.2) is 16.5 Å². The van der Waals surface area contributed by atoms with Gasteiger partial charge in [0.05, 0.1) is 10.4 Å². The van der Waals surface area contributed by atoms with Crippen molar-refractivity contribution in [2.75, 3.05) is 0 Å². The number of nitrogens with one attached hydrogen (secondary N) is 1. The molecule has 1 aromatic carbocycles. The van der Waals surface area contributed by atoms with Gasteiger partial charge in [0.1, 0.15) is 5.00 Å². The van der Waals surface area contributed by atoms with Crippen molar-refractivity contribution < 1.29 is 4.79 Å². The molecule has 2 aromatic heterocycles. The fraction of sp³-hybridized carbons (Fsp3) is 0.500. The molecule has 1 N–H and O–H groups in total. The van der Waals surface area contributed by atoms with Crippen molar-refractivity contribution in [3.05, 3.63) is 53.0 Å². The lowest BCUT2D eigenvalue weighted by atomic mass is 9.48. The van der Waals surface area contributed by atoms with Crippen LogP contribution in [0.15, 0.2) is 42.5 Å². The molecule has 0 saturated heterocycles. The highest BCUT2D eigenvalue weighted by molar-refractivity contribution is 7.16. The number of fused-ring (bicyclic) bond motifs is 1. The Bertz CT molecular complexity index is 1090. The van der Waals surface area contributed by atoms with Crippen LogP contribution in [0.3, 0.4) is 0 Å². The van der Waals surface area contributed by atoms with Crippen molar-refractivity contribution in [2.24, 2.45) is 23.2 Å². The van der Waals surface area contributed by atoms with E-state index in [1.165, 1.54) is 55.1 Å². The third-order valence-electron chi connectivity index (χ3n) is 8.28. The monoisotopic (exact) mass is 418 g/mol. The zero-order chi connectivity index (χ0) is 20.5. The van der Waals surface area contributed by atoms with E-state index >= 15 is 0 Å². The number of nitrogens with zero attached hydrogens (tertiary/aromatic N) is 1. The maximum atomic E-state index is 13.2. The zero-order valence-corrected chi connectivity index (χ0v) is 18.7. The highest BCUT2D eigenvalue weighted by atomic mass is 32.1. The third-order valence-corrected chi connectivity index (χ3v) is 9.35. The van der Waals surface area contributed by atoms with Crippen LogP contribution in [0.2, 0.25) is 0 Å². The average Bonchev–Trinajstić information content (AvgIpc) is 3.30. The fourth-order valence-corrected chi connectivity index (χ4v) is 8.27. The Morgan fingerprint density at radius 1 is 1.07 bits per heavy atom. The lowest BCUT2D eigenvalue weighted by Gasteiger charge is -2.59. The smallest absolute Gasteiger partial charge is 0.261 e. The van der Waals surface area contributed by atoms with Gasteiger partial charge in [-0.3, -0.25) is 4.79 Å². The minimum absolute atomic E-state index is 0.101. The highest BCUT2D eigenvalue weighted by Crippen LogP contribution is 2.61. The number of thiophene rings is 1. The van der Waals surface area contributed by atoms with Gasteiger partial charge in [0.2, 0.25) is 0 Å². The first-order valence-electron chi connectivity index (χ1n) is 11.5. The van der Waals surface area contributed by atoms with Gasteiger partial charge in [-0.15, -0.1) is 11.3 Å². The van der Waals surface area contributed by atoms with E-state index in [0.717, 1.165) is 27.6 Å².